The van der Waals surface area contributed by atoms with Crippen molar-refractivity contribution in [2.45, 2.75) is 64.0 Å². The molecule has 1 spiro atoms. The van der Waals surface area contributed by atoms with Gasteiger partial charge in [-0.2, -0.15) is 0 Å². The molecule has 5 rings (SSSR count). The largest absolute Gasteiger partial charge is 0.361 e. The maximum absolute atomic E-state index is 13.2. The number of piperidine rings is 1. The number of rotatable bonds is 4. The average Bonchev–Trinajstić information content (AvgIpc) is 3.32. The van der Waals surface area contributed by atoms with Crippen molar-refractivity contribution in [3.63, 3.8) is 0 Å². The second-order valence-electron chi connectivity index (χ2n) is 8.29. The Hall–Kier alpha value is -1.80. The van der Waals surface area contributed by atoms with Gasteiger partial charge in [-0.3, -0.25) is 9.69 Å². The molecule has 144 valence electrons. The van der Waals surface area contributed by atoms with Crippen LogP contribution in [0, 0.1) is 13.8 Å². The van der Waals surface area contributed by atoms with E-state index in [1.165, 1.54) is 29.9 Å². The van der Waals surface area contributed by atoms with Crippen molar-refractivity contribution < 1.29 is 9.32 Å². The van der Waals surface area contributed by atoms with Gasteiger partial charge < -0.3 is 9.42 Å². The predicted octanol–water partition coefficient (Wildman–Crippen LogP) is 2.90. The van der Waals surface area contributed by atoms with Gasteiger partial charge in [0.25, 0.3) is 5.91 Å². The number of hydrogen-bond acceptors (Lipinski definition) is 7. The van der Waals surface area contributed by atoms with Gasteiger partial charge in [-0.05, 0) is 63.4 Å². The monoisotopic (exact) mass is 387 g/mol. The summed E-state index contributed by atoms with van der Waals surface area (Å²) in [6.07, 6.45) is 5.66. The molecule has 1 atom stereocenters. The predicted molar refractivity (Wildman–Crippen MR) is 101 cm³/mol. The highest BCUT2D eigenvalue weighted by Gasteiger charge is 2.48. The molecule has 27 heavy (non-hydrogen) atoms. The van der Waals surface area contributed by atoms with Crippen LogP contribution < -0.4 is 0 Å². The molecule has 4 heterocycles. The first-order valence-electron chi connectivity index (χ1n) is 9.86. The Morgan fingerprint density at radius 3 is 2.81 bits per heavy atom. The maximum Gasteiger partial charge on any atom is 0.275 e. The van der Waals surface area contributed by atoms with Crippen molar-refractivity contribution in [1.82, 2.24) is 24.5 Å². The number of aryl methyl sites for hydroxylation is 2. The zero-order chi connectivity index (χ0) is 18.6. The van der Waals surface area contributed by atoms with E-state index >= 15 is 0 Å². The summed E-state index contributed by atoms with van der Waals surface area (Å²) in [5, 5.41) is 8.28. The molecule has 2 saturated heterocycles. The van der Waals surface area contributed by atoms with E-state index in [0.29, 0.717) is 11.6 Å². The molecule has 0 aromatic carbocycles. The van der Waals surface area contributed by atoms with E-state index in [9.17, 15) is 4.79 Å². The van der Waals surface area contributed by atoms with Crippen LogP contribution in [0.15, 0.2) is 4.52 Å². The number of carbonyl (C=O) groups excluding carboxylic acids is 1. The summed E-state index contributed by atoms with van der Waals surface area (Å²) in [4.78, 5) is 18.8. The highest BCUT2D eigenvalue weighted by atomic mass is 32.1. The fraction of sp³-hybridized carbons (Fsp3) is 0.684. The molecular weight excluding hydrogens is 362 g/mol. The Morgan fingerprint density at radius 2 is 2.15 bits per heavy atom. The van der Waals surface area contributed by atoms with Gasteiger partial charge in [0.15, 0.2) is 5.69 Å². The van der Waals surface area contributed by atoms with E-state index in [-0.39, 0.29) is 11.4 Å². The smallest absolute Gasteiger partial charge is 0.275 e. The number of amides is 1. The highest BCUT2D eigenvalue weighted by molar-refractivity contribution is 7.06. The molecule has 1 amide bonds. The van der Waals surface area contributed by atoms with Crippen molar-refractivity contribution >= 4 is 17.4 Å². The summed E-state index contributed by atoms with van der Waals surface area (Å²) in [5.74, 6) is 1.50. The van der Waals surface area contributed by atoms with Crippen LogP contribution >= 0.6 is 11.5 Å². The van der Waals surface area contributed by atoms with Crippen molar-refractivity contribution in [3.8, 4) is 0 Å². The maximum atomic E-state index is 13.2. The third-order valence-electron chi connectivity index (χ3n) is 6.55. The van der Waals surface area contributed by atoms with Gasteiger partial charge in [-0.15, -0.1) is 5.10 Å². The normalized spacial score (nSPS) is 25.8. The number of hydrogen-bond donors (Lipinski definition) is 0. The molecule has 0 N–H and O–H groups in total. The number of likely N-dealkylation sites (tertiary alicyclic amines) is 2. The minimum absolute atomic E-state index is 0.0777. The molecule has 3 fully saturated rings. The summed E-state index contributed by atoms with van der Waals surface area (Å²) in [6.45, 7) is 7.52. The number of carbonyl (C=O) groups is 1. The van der Waals surface area contributed by atoms with E-state index in [1.807, 2.05) is 18.7 Å². The molecule has 3 aliphatic rings. The summed E-state index contributed by atoms with van der Waals surface area (Å²) in [7, 11) is 0. The molecule has 2 aromatic heterocycles. The van der Waals surface area contributed by atoms with Gasteiger partial charge in [-0.25, -0.2) is 0 Å². The second kappa shape index (κ2) is 6.38. The van der Waals surface area contributed by atoms with Crippen molar-refractivity contribution in [3.05, 3.63) is 27.6 Å². The lowest BCUT2D eigenvalue weighted by Gasteiger charge is -2.57. The molecule has 8 heteroatoms. The van der Waals surface area contributed by atoms with Gasteiger partial charge in [0, 0.05) is 37.3 Å². The van der Waals surface area contributed by atoms with E-state index in [0.717, 1.165) is 61.8 Å². The first kappa shape index (κ1) is 17.3. The minimum Gasteiger partial charge on any atom is -0.361 e. The molecule has 7 nitrogen and oxygen atoms in total. The van der Waals surface area contributed by atoms with Crippen LogP contribution in [-0.4, -0.2) is 55.6 Å². The molecule has 2 aliphatic heterocycles. The first-order valence-corrected chi connectivity index (χ1v) is 10.6. The lowest BCUT2D eigenvalue weighted by atomic mass is 9.77. The number of nitrogens with zero attached hydrogens (tertiary/aromatic N) is 5. The SMILES string of the molecule is Cc1noc(C)c1CN1CCC12CCCN(C(=O)c1nnsc1C1CC1)C2. The lowest BCUT2D eigenvalue weighted by molar-refractivity contribution is -0.0652. The summed E-state index contributed by atoms with van der Waals surface area (Å²) in [5.41, 5.74) is 2.86. The first-order chi connectivity index (χ1) is 13.1. The van der Waals surface area contributed by atoms with E-state index in [4.69, 9.17) is 4.52 Å². The van der Waals surface area contributed by atoms with Crippen LogP contribution in [0.5, 0.6) is 0 Å². The third kappa shape index (κ3) is 2.89. The minimum atomic E-state index is 0.0777. The molecule has 2 aromatic rings. The van der Waals surface area contributed by atoms with Crippen molar-refractivity contribution in [2.75, 3.05) is 19.6 Å². The topological polar surface area (TPSA) is 75.4 Å². The van der Waals surface area contributed by atoms with Crippen molar-refractivity contribution in [1.29, 1.82) is 0 Å². The zero-order valence-corrected chi connectivity index (χ0v) is 16.7. The second-order valence-corrected chi connectivity index (χ2v) is 9.07. The average molecular weight is 388 g/mol. The zero-order valence-electron chi connectivity index (χ0n) is 15.9. The van der Waals surface area contributed by atoms with Gasteiger partial charge >= 0.3 is 0 Å². The fourth-order valence-electron chi connectivity index (χ4n) is 4.61. The molecule has 0 radical (unpaired) electrons. The van der Waals surface area contributed by atoms with Crippen LogP contribution in [0.1, 0.15) is 70.4 Å². The Kier molecular flexibility index (Phi) is 4.09. The molecule has 1 saturated carbocycles. The van der Waals surface area contributed by atoms with Crippen LogP contribution in [-0.2, 0) is 6.54 Å². The summed E-state index contributed by atoms with van der Waals surface area (Å²) in [6, 6.07) is 0. The molecular formula is C19H25N5O2S. The van der Waals surface area contributed by atoms with Crippen LogP contribution in [0.25, 0.3) is 0 Å². The summed E-state index contributed by atoms with van der Waals surface area (Å²) < 4.78 is 9.41. The van der Waals surface area contributed by atoms with Crippen molar-refractivity contribution in [2.24, 2.45) is 0 Å². The van der Waals surface area contributed by atoms with Gasteiger partial charge in [0.2, 0.25) is 0 Å². The van der Waals surface area contributed by atoms with Crippen LogP contribution in [0.4, 0.5) is 0 Å². The van der Waals surface area contributed by atoms with Gasteiger partial charge in [0.05, 0.1) is 10.6 Å². The van der Waals surface area contributed by atoms with Gasteiger partial charge in [-0.1, -0.05) is 9.64 Å². The Morgan fingerprint density at radius 1 is 1.30 bits per heavy atom. The Balaban J connectivity index is 1.33. The Labute approximate surface area is 162 Å². The highest BCUT2D eigenvalue weighted by Crippen LogP contribution is 2.44. The van der Waals surface area contributed by atoms with E-state index < -0.39 is 0 Å². The molecule has 1 aliphatic carbocycles. The third-order valence-corrected chi connectivity index (χ3v) is 7.44. The lowest BCUT2D eigenvalue weighted by Crippen LogP contribution is -2.67. The summed E-state index contributed by atoms with van der Waals surface area (Å²) >= 11 is 1.40. The van der Waals surface area contributed by atoms with Crippen LogP contribution in [0.2, 0.25) is 0 Å². The molecule has 0 bridgehead atoms. The fourth-order valence-corrected chi connectivity index (χ4v) is 5.42. The van der Waals surface area contributed by atoms with E-state index in [2.05, 4.69) is 19.6 Å². The van der Waals surface area contributed by atoms with E-state index in [1.54, 1.807) is 0 Å². The quantitative estimate of drug-likeness (QED) is 0.803. The number of aromatic nitrogens is 3. The van der Waals surface area contributed by atoms with Gasteiger partial charge in [0.1, 0.15) is 5.76 Å². The molecule has 1 unspecified atom stereocenters. The Bertz CT molecular complexity index is 854. The standard InChI is InChI=1S/C19H25N5O2S/c1-12-15(13(2)26-21-12)10-24-9-7-19(24)6-3-8-23(11-19)18(25)16-17(14-4-5-14)27-22-20-16/h14H,3-11H2,1-2H3. The van der Waals surface area contributed by atoms with Crippen LogP contribution in [0.3, 0.4) is 0 Å².